The molecule has 6 nitrogen and oxygen atoms in total. The number of amides is 1. The van der Waals surface area contributed by atoms with Crippen molar-refractivity contribution in [2.45, 2.75) is 39.3 Å². The van der Waals surface area contributed by atoms with Crippen LogP contribution in [0.2, 0.25) is 0 Å². The predicted octanol–water partition coefficient (Wildman–Crippen LogP) is 1.13. The molecule has 1 saturated heterocycles. The van der Waals surface area contributed by atoms with E-state index in [0.29, 0.717) is 13.0 Å². The molecular formula is C14H23N5OS. The van der Waals surface area contributed by atoms with Crippen LogP contribution in [-0.2, 0) is 11.3 Å². The number of hydrogen-bond donors (Lipinski definition) is 2. The van der Waals surface area contributed by atoms with Gasteiger partial charge in [-0.05, 0) is 20.3 Å². The first kappa shape index (κ1) is 15.8. The number of thiazole rings is 1. The number of carbonyl (C=O) groups is 1. The summed E-state index contributed by atoms with van der Waals surface area (Å²) in [6.45, 7) is 6.20. The number of carbonyl (C=O) groups excluding carboxylic acids is 1. The lowest BCUT2D eigenvalue weighted by Gasteiger charge is -2.31. The average molecular weight is 309 g/mol. The van der Waals surface area contributed by atoms with Crippen molar-refractivity contribution in [3.8, 4) is 0 Å². The van der Waals surface area contributed by atoms with Crippen LogP contribution < -0.4 is 10.6 Å². The highest BCUT2D eigenvalue weighted by atomic mass is 32.1. The molecule has 2 heterocycles. The zero-order valence-corrected chi connectivity index (χ0v) is 13.7. The topological polar surface area (TPSA) is 69.6 Å². The Bertz CT molecular complexity index is 513. The Labute approximate surface area is 129 Å². The SMILES string of the molecule is CCNC(=NCc1ncc(C)s1)NC1CCC(=O)N(C)C1. The van der Waals surface area contributed by atoms with Gasteiger partial charge in [0.25, 0.3) is 0 Å². The molecule has 2 N–H and O–H groups in total. The van der Waals surface area contributed by atoms with Crippen LogP contribution in [-0.4, -0.2) is 47.9 Å². The summed E-state index contributed by atoms with van der Waals surface area (Å²) in [5.74, 6) is 1.01. The van der Waals surface area contributed by atoms with Gasteiger partial charge in [-0.25, -0.2) is 9.98 Å². The van der Waals surface area contributed by atoms with E-state index in [-0.39, 0.29) is 11.9 Å². The molecule has 1 aliphatic rings. The Morgan fingerprint density at radius 3 is 3.05 bits per heavy atom. The number of aromatic nitrogens is 1. The fourth-order valence-corrected chi connectivity index (χ4v) is 2.98. The summed E-state index contributed by atoms with van der Waals surface area (Å²) >= 11 is 1.67. The second-order valence-electron chi connectivity index (χ2n) is 5.21. The van der Waals surface area contributed by atoms with Crippen molar-refractivity contribution in [2.24, 2.45) is 4.99 Å². The number of piperidine rings is 1. The minimum absolute atomic E-state index is 0.216. The van der Waals surface area contributed by atoms with Gasteiger partial charge in [0.15, 0.2) is 5.96 Å². The van der Waals surface area contributed by atoms with Gasteiger partial charge >= 0.3 is 0 Å². The monoisotopic (exact) mass is 309 g/mol. The van der Waals surface area contributed by atoms with Gasteiger partial charge in [0.1, 0.15) is 5.01 Å². The Hall–Kier alpha value is -1.63. The Morgan fingerprint density at radius 1 is 1.62 bits per heavy atom. The van der Waals surface area contributed by atoms with Crippen LogP contribution in [0.3, 0.4) is 0 Å². The molecule has 1 aromatic rings. The van der Waals surface area contributed by atoms with E-state index in [1.807, 2.05) is 27.1 Å². The van der Waals surface area contributed by atoms with Gasteiger partial charge in [0.2, 0.25) is 5.91 Å². The van der Waals surface area contributed by atoms with Gasteiger partial charge < -0.3 is 15.5 Å². The number of hydrogen-bond acceptors (Lipinski definition) is 4. The van der Waals surface area contributed by atoms with E-state index in [9.17, 15) is 4.79 Å². The van der Waals surface area contributed by atoms with Crippen molar-refractivity contribution in [3.63, 3.8) is 0 Å². The summed E-state index contributed by atoms with van der Waals surface area (Å²) < 4.78 is 0. The Kier molecular flexibility index (Phi) is 5.55. The van der Waals surface area contributed by atoms with E-state index in [4.69, 9.17) is 0 Å². The van der Waals surface area contributed by atoms with Gasteiger partial charge in [-0.15, -0.1) is 11.3 Å². The third-order valence-electron chi connectivity index (χ3n) is 3.35. The first-order valence-electron chi connectivity index (χ1n) is 7.28. The van der Waals surface area contributed by atoms with Gasteiger partial charge in [-0.1, -0.05) is 0 Å². The molecule has 21 heavy (non-hydrogen) atoms. The van der Waals surface area contributed by atoms with E-state index in [1.54, 1.807) is 16.2 Å². The molecule has 1 fully saturated rings. The van der Waals surface area contributed by atoms with Crippen molar-refractivity contribution < 1.29 is 4.79 Å². The third-order valence-corrected chi connectivity index (χ3v) is 4.25. The molecule has 1 unspecified atom stereocenters. The molecule has 0 aliphatic carbocycles. The first-order valence-corrected chi connectivity index (χ1v) is 8.10. The number of nitrogens with zero attached hydrogens (tertiary/aromatic N) is 3. The number of rotatable bonds is 4. The lowest BCUT2D eigenvalue weighted by Crippen LogP contribution is -2.51. The van der Waals surface area contributed by atoms with Crippen molar-refractivity contribution >= 4 is 23.2 Å². The molecule has 0 radical (unpaired) electrons. The third kappa shape index (κ3) is 4.70. The highest BCUT2D eigenvalue weighted by Gasteiger charge is 2.23. The number of aliphatic imine (C=N–C) groups is 1. The van der Waals surface area contributed by atoms with E-state index in [1.165, 1.54) is 4.88 Å². The van der Waals surface area contributed by atoms with E-state index >= 15 is 0 Å². The summed E-state index contributed by atoms with van der Waals surface area (Å²) in [4.78, 5) is 23.4. The standard InChI is InChI=1S/C14H23N5OS/c1-4-15-14(17-8-12-16-7-10(2)21-12)18-11-5-6-13(20)19(3)9-11/h7,11H,4-6,8-9H2,1-3H3,(H2,15,17,18). The molecule has 0 spiro atoms. The lowest BCUT2D eigenvalue weighted by atomic mass is 10.1. The normalized spacial score (nSPS) is 19.8. The number of likely N-dealkylation sites (tertiary alicyclic amines) is 1. The molecule has 1 atom stereocenters. The van der Waals surface area contributed by atoms with Crippen molar-refractivity contribution in [1.29, 1.82) is 0 Å². The highest BCUT2D eigenvalue weighted by Crippen LogP contribution is 2.12. The molecule has 7 heteroatoms. The number of nitrogens with one attached hydrogen (secondary N) is 2. The number of likely N-dealkylation sites (N-methyl/N-ethyl adjacent to an activating group) is 1. The van der Waals surface area contributed by atoms with Gasteiger partial charge in [-0.3, -0.25) is 4.79 Å². The van der Waals surface area contributed by atoms with Crippen LogP contribution >= 0.6 is 11.3 Å². The fourth-order valence-electron chi connectivity index (χ4n) is 2.26. The first-order chi connectivity index (χ1) is 10.1. The zero-order chi connectivity index (χ0) is 15.2. The lowest BCUT2D eigenvalue weighted by molar-refractivity contribution is -0.132. The predicted molar refractivity (Wildman–Crippen MR) is 85.5 cm³/mol. The highest BCUT2D eigenvalue weighted by molar-refractivity contribution is 7.11. The summed E-state index contributed by atoms with van der Waals surface area (Å²) in [7, 11) is 1.85. The molecule has 0 saturated carbocycles. The summed E-state index contributed by atoms with van der Waals surface area (Å²) in [5.41, 5.74) is 0. The quantitative estimate of drug-likeness (QED) is 0.646. The largest absolute Gasteiger partial charge is 0.357 e. The molecule has 0 bridgehead atoms. The summed E-state index contributed by atoms with van der Waals surface area (Å²) in [6.07, 6.45) is 3.32. The number of aryl methyl sites for hydroxylation is 1. The van der Waals surface area contributed by atoms with Gasteiger partial charge in [-0.2, -0.15) is 0 Å². The zero-order valence-electron chi connectivity index (χ0n) is 12.8. The molecule has 1 amide bonds. The van der Waals surface area contributed by atoms with Gasteiger partial charge in [0, 0.05) is 43.7 Å². The molecule has 1 aromatic heterocycles. The van der Waals surface area contributed by atoms with Crippen molar-refractivity contribution in [3.05, 3.63) is 16.1 Å². The van der Waals surface area contributed by atoms with Crippen LogP contribution in [0.5, 0.6) is 0 Å². The molecule has 116 valence electrons. The second kappa shape index (κ2) is 7.40. The fraction of sp³-hybridized carbons (Fsp3) is 0.643. The van der Waals surface area contributed by atoms with Crippen LogP contribution in [0.15, 0.2) is 11.2 Å². The maximum Gasteiger partial charge on any atom is 0.222 e. The van der Waals surface area contributed by atoms with Crippen molar-refractivity contribution in [1.82, 2.24) is 20.5 Å². The molecule has 1 aliphatic heterocycles. The Balaban J connectivity index is 1.93. The smallest absolute Gasteiger partial charge is 0.222 e. The van der Waals surface area contributed by atoms with Crippen LogP contribution in [0.25, 0.3) is 0 Å². The van der Waals surface area contributed by atoms with E-state index in [2.05, 4.69) is 20.6 Å². The van der Waals surface area contributed by atoms with Crippen LogP contribution in [0, 0.1) is 6.92 Å². The number of guanidine groups is 1. The minimum Gasteiger partial charge on any atom is -0.357 e. The summed E-state index contributed by atoms with van der Waals surface area (Å²) in [5, 5.41) is 7.67. The maximum atomic E-state index is 11.5. The summed E-state index contributed by atoms with van der Waals surface area (Å²) in [6, 6.07) is 0.253. The second-order valence-corrected chi connectivity index (χ2v) is 6.53. The van der Waals surface area contributed by atoms with E-state index < -0.39 is 0 Å². The molecule has 0 aromatic carbocycles. The minimum atomic E-state index is 0.216. The van der Waals surface area contributed by atoms with E-state index in [0.717, 1.165) is 30.5 Å². The Morgan fingerprint density at radius 2 is 2.43 bits per heavy atom. The van der Waals surface area contributed by atoms with Crippen molar-refractivity contribution in [2.75, 3.05) is 20.1 Å². The van der Waals surface area contributed by atoms with Gasteiger partial charge in [0.05, 0.1) is 6.54 Å². The average Bonchev–Trinajstić information content (AvgIpc) is 2.86. The molecule has 2 rings (SSSR count). The molecular weight excluding hydrogens is 286 g/mol. The van der Waals surface area contributed by atoms with Crippen LogP contribution in [0.4, 0.5) is 0 Å². The van der Waals surface area contributed by atoms with Crippen LogP contribution in [0.1, 0.15) is 29.7 Å². The maximum absolute atomic E-state index is 11.5.